The molecule has 0 bridgehead atoms. The fourth-order valence-corrected chi connectivity index (χ4v) is 1.87. The molecule has 0 amide bonds. The summed E-state index contributed by atoms with van der Waals surface area (Å²) in [6.07, 6.45) is 2.60. The minimum Gasteiger partial charge on any atom is -0.502 e. The zero-order valence-electron chi connectivity index (χ0n) is 8.79. The molecule has 2 aromatic heterocycles. The van der Waals surface area contributed by atoms with Crippen LogP contribution in [0.3, 0.4) is 0 Å². The highest BCUT2D eigenvalue weighted by atomic mass is 32.2. The van der Waals surface area contributed by atoms with Crippen molar-refractivity contribution in [2.75, 3.05) is 5.73 Å². The molecule has 0 saturated heterocycles. The van der Waals surface area contributed by atoms with E-state index >= 15 is 0 Å². The van der Waals surface area contributed by atoms with Crippen molar-refractivity contribution in [3.05, 3.63) is 46.6 Å². The van der Waals surface area contributed by atoms with Gasteiger partial charge in [-0.3, -0.25) is 4.79 Å². The summed E-state index contributed by atoms with van der Waals surface area (Å²) in [4.78, 5) is 15.2. The summed E-state index contributed by atoms with van der Waals surface area (Å²) >= 11 is 1.42. The molecule has 0 unspecified atom stereocenters. The second kappa shape index (κ2) is 4.92. The standard InChI is InChI=1S/C11H10N2O3S/c12-7-1-2-11(13-4-7)17-6-8-3-9(14)10(15)5-16-8/h1-5,15H,6,12H2. The number of aromatic hydroxyl groups is 1. The molecule has 0 saturated carbocycles. The minimum absolute atomic E-state index is 0.385. The van der Waals surface area contributed by atoms with Gasteiger partial charge in [-0.2, -0.15) is 0 Å². The third-order valence-electron chi connectivity index (χ3n) is 1.99. The molecule has 0 aliphatic carbocycles. The van der Waals surface area contributed by atoms with Crippen molar-refractivity contribution in [2.45, 2.75) is 10.8 Å². The molecule has 0 aliphatic heterocycles. The van der Waals surface area contributed by atoms with Crippen molar-refractivity contribution in [1.82, 2.24) is 4.98 Å². The van der Waals surface area contributed by atoms with Crippen LogP contribution < -0.4 is 11.2 Å². The van der Waals surface area contributed by atoms with E-state index in [-0.39, 0.29) is 5.75 Å². The number of rotatable bonds is 3. The summed E-state index contributed by atoms with van der Waals surface area (Å²) in [7, 11) is 0. The van der Waals surface area contributed by atoms with E-state index in [9.17, 15) is 4.79 Å². The first kappa shape index (κ1) is 11.5. The smallest absolute Gasteiger partial charge is 0.226 e. The van der Waals surface area contributed by atoms with E-state index in [4.69, 9.17) is 15.3 Å². The average molecular weight is 250 g/mol. The van der Waals surface area contributed by atoms with Crippen LogP contribution in [-0.2, 0) is 5.75 Å². The summed E-state index contributed by atoms with van der Waals surface area (Å²) in [6, 6.07) is 4.81. The lowest BCUT2D eigenvalue weighted by atomic mass is 10.4. The Morgan fingerprint density at radius 3 is 2.94 bits per heavy atom. The normalized spacial score (nSPS) is 10.4. The van der Waals surface area contributed by atoms with Crippen LogP contribution in [0.1, 0.15) is 5.76 Å². The van der Waals surface area contributed by atoms with Gasteiger partial charge in [-0.15, -0.1) is 0 Å². The first-order chi connectivity index (χ1) is 8.15. The van der Waals surface area contributed by atoms with Gasteiger partial charge in [-0.1, -0.05) is 11.8 Å². The van der Waals surface area contributed by atoms with E-state index in [0.29, 0.717) is 17.2 Å². The zero-order chi connectivity index (χ0) is 12.3. The van der Waals surface area contributed by atoms with E-state index in [0.717, 1.165) is 11.3 Å². The van der Waals surface area contributed by atoms with Crippen LogP contribution in [0.2, 0.25) is 0 Å². The number of nitrogens with zero attached hydrogens (tertiary/aromatic N) is 1. The molecule has 3 N–H and O–H groups in total. The van der Waals surface area contributed by atoms with Gasteiger partial charge in [0.15, 0.2) is 5.75 Å². The molecule has 0 radical (unpaired) electrons. The second-order valence-corrected chi connectivity index (χ2v) is 4.31. The molecular weight excluding hydrogens is 240 g/mol. The topological polar surface area (TPSA) is 89.4 Å². The van der Waals surface area contributed by atoms with Gasteiger partial charge in [0.05, 0.1) is 22.7 Å². The van der Waals surface area contributed by atoms with Gasteiger partial charge in [-0.25, -0.2) is 4.98 Å². The van der Waals surface area contributed by atoms with E-state index in [2.05, 4.69) is 4.98 Å². The Kier molecular flexibility index (Phi) is 3.34. The van der Waals surface area contributed by atoms with E-state index in [1.165, 1.54) is 17.8 Å². The van der Waals surface area contributed by atoms with Gasteiger partial charge >= 0.3 is 0 Å². The van der Waals surface area contributed by atoms with Crippen molar-refractivity contribution in [2.24, 2.45) is 0 Å². The molecule has 2 aromatic rings. The van der Waals surface area contributed by atoms with Crippen LogP contribution in [0.25, 0.3) is 0 Å². The van der Waals surface area contributed by atoms with Gasteiger partial charge < -0.3 is 15.3 Å². The van der Waals surface area contributed by atoms with Crippen LogP contribution >= 0.6 is 11.8 Å². The number of pyridine rings is 1. The van der Waals surface area contributed by atoms with E-state index < -0.39 is 5.43 Å². The summed E-state index contributed by atoms with van der Waals surface area (Å²) < 4.78 is 5.06. The molecule has 2 rings (SSSR count). The Hall–Kier alpha value is -1.95. The van der Waals surface area contributed by atoms with Crippen molar-refractivity contribution >= 4 is 17.4 Å². The molecule has 17 heavy (non-hydrogen) atoms. The first-order valence-corrected chi connectivity index (χ1v) is 5.79. The van der Waals surface area contributed by atoms with Gasteiger partial charge in [0.25, 0.3) is 0 Å². The van der Waals surface area contributed by atoms with Crippen LogP contribution in [0, 0.1) is 0 Å². The Morgan fingerprint density at radius 2 is 2.29 bits per heavy atom. The Balaban J connectivity index is 2.04. The Labute approximate surface area is 101 Å². The van der Waals surface area contributed by atoms with Gasteiger partial charge in [0.2, 0.25) is 5.43 Å². The highest BCUT2D eigenvalue weighted by molar-refractivity contribution is 7.98. The fraction of sp³-hybridized carbons (Fsp3) is 0.0909. The SMILES string of the molecule is Nc1ccc(SCc2cc(=O)c(O)co2)nc1. The third-order valence-corrected chi connectivity index (χ3v) is 2.95. The maximum atomic E-state index is 11.1. The maximum Gasteiger partial charge on any atom is 0.226 e. The summed E-state index contributed by atoms with van der Waals surface area (Å²) in [5, 5.41) is 9.81. The minimum atomic E-state index is -0.447. The van der Waals surface area contributed by atoms with Crippen LogP contribution in [0.15, 0.2) is 44.9 Å². The summed E-state index contributed by atoms with van der Waals surface area (Å²) in [5.74, 6) is 0.563. The van der Waals surface area contributed by atoms with Crippen molar-refractivity contribution in [3.8, 4) is 5.75 Å². The fourth-order valence-electron chi connectivity index (χ4n) is 1.14. The molecule has 0 aliphatic rings. The molecule has 2 heterocycles. The number of nitrogens with two attached hydrogens (primary N) is 1. The van der Waals surface area contributed by atoms with Gasteiger partial charge in [-0.05, 0) is 12.1 Å². The summed E-state index contributed by atoms with van der Waals surface area (Å²) in [5.41, 5.74) is 5.67. The predicted octanol–water partition coefficient (Wildman–Crippen LogP) is 1.61. The zero-order valence-corrected chi connectivity index (χ0v) is 9.61. The molecule has 0 atom stereocenters. The number of thioether (sulfide) groups is 1. The van der Waals surface area contributed by atoms with Crippen LogP contribution in [0.4, 0.5) is 5.69 Å². The molecule has 88 valence electrons. The molecule has 6 heteroatoms. The number of aromatic nitrogens is 1. The van der Waals surface area contributed by atoms with Crippen molar-refractivity contribution in [3.63, 3.8) is 0 Å². The second-order valence-electron chi connectivity index (χ2n) is 3.31. The number of anilines is 1. The monoisotopic (exact) mass is 250 g/mol. The summed E-state index contributed by atoms with van der Waals surface area (Å²) in [6.45, 7) is 0. The predicted molar refractivity (Wildman–Crippen MR) is 64.9 cm³/mol. The first-order valence-electron chi connectivity index (χ1n) is 4.80. The van der Waals surface area contributed by atoms with Crippen LogP contribution in [0.5, 0.6) is 5.75 Å². The van der Waals surface area contributed by atoms with Gasteiger partial charge in [0, 0.05) is 6.07 Å². The quantitative estimate of drug-likeness (QED) is 0.804. The Morgan fingerprint density at radius 1 is 1.47 bits per heavy atom. The van der Waals surface area contributed by atoms with E-state index in [1.807, 2.05) is 0 Å². The van der Waals surface area contributed by atoms with E-state index in [1.54, 1.807) is 18.3 Å². The number of hydrogen-bond acceptors (Lipinski definition) is 6. The lowest BCUT2D eigenvalue weighted by Crippen LogP contribution is -1.99. The third kappa shape index (κ3) is 3.01. The maximum absolute atomic E-state index is 11.1. The Bertz CT molecular complexity index is 566. The lowest BCUT2D eigenvalue weighted by Gasteiger charge is -2.00. The molecular formula is C11H10N2O3S. The molecule has 0 spiro atoms. The highest BCUT2D eigenvalue weighted by Crippen LogP contribution is 2.21. The number of nitrogen functional groups attached to an aromatic ring is 1. The van der Waals surface area contributed by atoms with Crippen molar-refractivity contribution in [1.29, 1.82) is 0 Å². The molecule has 5 nitrogen and oxygen atoms in total. The largest absolute Gasteiger partial charge is 0.502 e. The lowest BCUT2D eigenvalue weighted by molar-refractivity contribution is 0.419. The van der Waals surface area contributed by atoms with Crippen LogP contribution in [-0.4, -0.2) is 10.1 Å². The van der Waals surface area contributed by atoms with Crippen molar-refractivity contribution < 1.29 is 9.52 Å². The number of hydrogen-bond donors (Lipinski definition) is 2. The highest BCUT2D eigenvalue weighted by Gasteiger charge is 2.03. The molecule has 0 fully saturated rings. The molecule has 0 aromatic carbocycles. The van der Waals surface area contributed by atoms with Gasteiger partial charge in [0.1, 0.15) is 12.0 Å². The average Bonchev–Trinajstić information content (AvgIpc) is 2.33.